The molecule has 0 bridgehead atoms. The molecule has 1 heterocycles. The van der Waals surface area contributed by atoms with Crippen LogP contribution in [0.1, 0.15) is 5.56 Å². The van der Waals surface area contributed by atoms with Gasteiger partial charge in [0, 0.05) is 5.39 Å². The molecular formula is C9H7FO2S. The van der Waals surface area contributed by atoms with Gasteiger partial charge in [-0.25, -0.2) is 4.39 Å². The van der Waals surface area contributed by atoms with E-state index in [0.29, 0.717) is 15.6 Å². The Balaban J connectivity index is 2.87. The van der Waals surface area contributed by atoms with Crippen LogP contribution in [-0.4, -0.2) is 10.2 Å². The number of benzene rings is 1. The van der Waals surface area contributed by atoms with Crippen molar-refractivity contribution in [1.29, 1.82) is 0 Å². The Bertz CT molecular complexity index is 450. The van der Waals surface area contributed by atoms with Crippen molar-refractivity contribution in [3.05, 3.63) is 28.9 Å². The molecule has 13 heavy (non-hydrogen) atoms. The summed E-state index contributed by atoms with van der Waals surface area (Å²) in [6.45, 7) is -0.218. The first-order valence-electron chi connectivity index (χ1n) is 3.72. The molecule has 0 fully saturated rings. The van der Waals surface area contributed by atoms with Gasteiger partial charge in [-0.15, -0.1) is 11.3 Å². The van der Waals surface area contributed by atoms with Crippen molar-refractivity contribution < 1.29 is 14.6 Å². The summed E-state index contributed by atoms with van der Waals surface area (Å²) < 4.78 is 13.5. The zero-order valence-electron chi connectivity index (χ0n) is 6.62. The molecule has 0 radical (unpaired) electrons. The summed E-state index contributed by atoms with van der Waals surface area (Å²) in [5.74, 6) is -1.01. The Labute approximate surface area is 77.9 Å². The number of aromatic hydroxyl groups is 1. The second-order valence-corrected chi connectivity index (χ2v) is 3.60. The Morgan fingerprint density at radius 3 is 2.92 bits per heavy atom. The van der Waals surface area contributed by atoms with Gasteiger partial charge < -0.3 is 10.2 Å². The first-order valence-corrected chi connectivity index (χ1v) is 4.60. The summed E-state index contributed by atoms with van der Waals surface area (Å²) >= 11 is 1.26. The van der Waals surface area contributed by atoms with Crippen LogP contribution in [0.15, 0.2) is 17.5 Å². The van der Waals surface area contributed by atoms with E-state index in [9.17, 15) is 9.50 Å². The molecule has 0 aliphatic carbocycles. The number of halogens is 1. The molecule has 0 spiro atoms. The maximum atomic E-state index is 13.0. The third-order valence-corrected chi connectivity index (χ3v) is 2.84. The van der Waals surface area contributed by atoms with Crippen molar-refractivity contribution in [2.45, 2.75) is 6.61 Å². The number of phenolic OH excluding ortho intramolecular Hbond substituents is 1. The zero-order chi connectivity index (χ0) is 9.42. The molecule has 0 aliphatic heterocycles. The normalized spacial score (nSPS) is 10.9. The average Bonchev–Trinajstić information content (AvgIpc) is 2.60. The topological polar surface area (TPSA) is 40.5 Å². The lowest BCUT2D eigenvalue weighted by Gasteiger charge is -2.02. The van der Waals surface area contributed by atoms with E-state index < -0.39 is 5.82 Å². The van der Waals surface area contributed by atoms with E-state index in [0.717, 1.165) is 6.07 Å². The van der Waals surface area contributed by atoms with Crippen LogP contribution in [0.2, 0.25) is 0 Å². The van der Waals surface area contributed by atoms with Crippen molar-refractivity contribution in [3.63, 3.8) is 0 Å². The SMILES string of the molecule is OCc1cc(F)c(O)c2sccc12. The van der Waals surface area contributed by atoms with E-state index in [1.165, 1.54) is 11.3 Å². The molecular weight excluding hydrogens is 191 g/mol. The van der Waals surface area contributed by atoms with Crippen LogP contribution in [0.25, 0.3) is 10.1 Å². The van der Waals surface area contributed by atoms with Gasteiger partial charge in [0.2, 0.25) is 0 Å². The van der Waals surface area contributed by atoms with Gasteiger partial charge in [-0.2, -0.15) is 0 Å². The van der Waals surface area contributed by atoms with Crippen molar-refractivity contribution in [3.8, 4) is 5.75 Å². The Morgan fingerprint density at radius 1 is 1.46 bits per heavy atom. The number of thiophene rings is 1. The summed E-state index contributed by atoms with van der Waals surface area (Å²) in [5, 5.41) is 20.7. The molecule has 1 aromatic carbocycles. The molecule has 0 saturated carbocycles. The highest BCUT2D eigenvalue weighted by molar-refractivity contribution is 7.17. The Hall–Kier alpha value is -1.13. The molecule has 0 aliphatic rings. The zero-order valence-corrected chi connectivity index (χ0v) is 7.44. The molecule has 1 aromatic heterocycles. The molecule has 2 aromatic rings. The standard InChI is InChI=1S/C9H7FO2S/c10-7-3-5(4-11)6-1-2-13-9(6)8(7)12/h1-3,11-12H,4H2. The maximum absolute atomic E-state index is 13.0. The highest BCUT2D eigenvalue weighted by Crippen LogP contribution is 2.34. The summed E-state index contributed by atoms with van der Waals surface area (Å²) in [5.41, 5.74) is 0.506. The Morgan fingerprint density at radius 2 is 2.23 bits per heavy atom. The van der Waals surface area contributed by atoms with Crippen molar-refractivity contribution >= 4 is 21.4 Å². The summed E-state index contributed by atoms with van der Waals surface area (Å²) in [6, 6.07) is 2.91. The summed E-state index contributed by atoms with van der Waals surface area (Å²) in [7, 11) is 0. The molecule has 2 N–H and O–H groups in total. The van der Waals surface area contributed by atoms with Crippen LogP contribution < -0.4 is 0 Å². The Kier molecular flexibility index (Phi) is 1.94. The van der Waals surface area contributed by atoms with Crippen LogP contribution in [0.4, 0.5) is 4.39 Å². The summed E-state index contributed by atoms with van der Waals surface area (Å²) in [6.07, 6.45) is 0. The third kappa shape index (κ3) is 1.18. The van der Waals surface area contributed by atoms with Gasteiger partial charge in [-0.1, -0.05) is 0 Å². The molecule has 4 heteroatoms. The average molecular weight is 198 g/mol. The van der Waals surface area contributed by atoms with Crippen LogP contribution in [0, 0.1) is 5.82 Å². The van der Waals surface area contributed by atoms with E-state index in [1.807, 2.05) is 0 Å². The minimum atomic E-state index is -0.681. The second kappa shape index (κ2) is 2.97. The number of fused-ring (bicyclic) bond motifs is 1. The van der Waals surface area contributed by atoms with Gasteiger partial charge in [0.15, 0.2) is 11.6 Å². The smallest absolute Gasteiger partial charge is 0.169 e. The molecule has 0 atom stereocenters. The first kappa shape index (κ1) is 8.47. The molecule has 0 saturated heterocycles. The predicted octanol–water partition coefficient (Wildman–Crippen LogP) is 2.24. The quantitative estimate of drug-likeness (QED) is 0.737. The van der Waals surface area contributed by atoms with Gasteiger partial charge >= 0.3 is 0 Å². The number of hydrogen-bond donors (Lipinski definition) is 2. The highest BCUT2D eigenvalue weighted by Gasteiger charge is 2.11. The molecule has 2 nitrogen and oxygen atoms in total. The van der Waals surface area contributed by atoms with Gasteiger partial charge in [0.1, 0.15) is 0 Å². The van der Waals surface area contributed by atoms with E-state index in [1.54, 1.807) is 11.4 Å². The van der Waals surface area contributed by atoms with E-state index in [2.05, 4.69) is 0 Å². The monoisotopic (exact) mass is 198 g/mol. The number of hydrogen-bond acceptors (Lipinski definition) is 3. The van der Waals surface area contributed by atoms with E-state index in [-0.39, 0.29) is 12.4 Å². The third-order valence-electron chi connectivity index (χ3n) is 1.92. The minimum absolute atomic E-state index is 0.218. The van der Waals surface area contributed by atoms with Crippen LogP contribution in [-0.2, 0) is 6.61 Å². The van der Waals surface area contributed by atoms with Gasteiger partial charge in [0.05, 0.1) is 11.3 Å². The molecule has 2 rings (SSSR count). The molecule has 68 valence electrons. The molecule has 0 unspecified atom stereocenters. The number of rotatable bonds is 1. The fourth-order valence-corrected chi connectivity index (χ4v) is 2.16. The lowest BCUT2D eigenvalue weighted by Crippen LogP contribution is -1.86. The van der Waals surface area contributed by atoms with Crippen molar-refractivity contribution in [2.24, 2.45) is 0 Å². The minimum Gasteiger partial charge on any atom is -0.504 e. The number of phenols is 1. The van der Waals surface area contributed by atoms with Crippen molar-refractivity contribution in [2.75, 3.05) is 0 Å². The van der Waals surface area contributed by atoms with E-state index >= 15 is 0 Å². The van der Waals surface area contributed by atoms with E-state index in [4.69, 9.17) is 5.11 Å². The lowest BCUT2D eigenvalue weighted by molar-refractivity contribution is 0.282. The fourth-order valence-electron chi connectivity index (χ4n) is 1.28. The highest BCUT2D eigenvalue weighted by atomic mass is 32.1. The van der Waals surface area contributed by atoms with Crippen LogP contribution >= 0.6 is 11.3 Å². The molecule has 0 amide bonds. The number of aliphatic hydroxyl groups excluding tert-OH is 1. The predicted molar refractivity (Wildman–Crippen MR) is 49.4 cm³/mol. The summed E-state index contributed by atoms with van der Waals surface area (Å²) in [4.78, 5) is 0. The van der Waals surface area contributed by atoms with Gasteiger partial charge in [-0.3, -0.25) is 0 Å². The first-order chi connectivity index (χ1) is 6.24. The second-order valence-electron chi connectivity index (χ2n) is 2.69. The van der Waals surface area contributed by atoms with Crippen LogP contribution in [0.3, 0.4) is 0 Å². The maximum Gasteiger partial charge on any atom is 0.169 e. The largest absolute Gasteiger partial charge is 0.504 e. The fraction of sp³-hybridized carbons (Fsp3) is 0.111. The number of aliphatic hydroxyl groups is 1. The van der Waals surface area contributed by atoms with Crippen LogP contribution in [0.5, 0.6) is 5.75 Å². The van der Waals surface area contributed by atoms with Gasteiger partial charge in [0.25, 0.3) is 0 Å². The van der Waals surface area contributed by atoms with Crippen molar-refractivity contribution in [1.82, 2.24) is 0 Å². The lowest BCUT2D eigenvalue weighted by atomic mass is 10.1. The van der Waals surface area contributed by atoms with Gasteiger partial charge in [-0.05, 0) is 23.1 Å².